The van der Waals surface area contributed by atoms with Crippen molar-refractivity contribution >= 4 is 16.0 Å². The van der Waals surface area contributed by atoms with E-state index in [9.17, 15) is 17.6 Å². The summed E-state index contributed by atoms with van der Waals surface area (Å²) in [6, 6.07) is 4.00. The van der Waals surface area contributed by atoms with Gasteiger partial charge in [0.1, 0.15) is 0 Å². The van der Waals surface area contributed by atoms with Crippen molar-refractivity contribution < 1.29 is 27.4 Å². The Kier molecular flexibility index (Phi) is 9.27. The molecule has 0 bridgehead atoms. The van der Waals surface area contributed by atoms with Crippen molar-refractivity contribution in [3.63, 3.8) is 0 Å². The topological polar surface area (TPSA) is 105 Å². The first-order chi connectivity index (χ1) is 14.5. The second-order valence-electron chi connectivity index (χ2n) is 9.31. The van der Waals surface area contributed by atoms with Crippen LogP contribution in [0, 0.1) is 17.2 Å². The third kappa shape index (κ3) is 9.53. The lowest BCUT2D eigenvalue weighted by atomic mass is 9.83. The lowest BCUT2D eigenvalue weighted by molar-refractivity contribution is -0.135. The highest BCUT2D eigenvalue weighted by molar-refractivity contribution is 7.89. The van der Waals surface area contributed by atoms with Crippen molar-refractivity contribution in [1.82, 2.24) is 10.0 Å². The van der Waals surface area contributed by atoms with Gasteiger partial charge in [-0.2, -0.15) is 0 Å². The molecule has 7 nitrogen and oxygen atoms in total. The average molecular weight is 459 g/mol. The van der Waals surface area contributed by atoms with Gasteiger partial charge < -0.3 is 15.2 Å². The molecule has 0 heterocycles. The van der Waals surface area contributed by atoms with Crippen molar-refractivity contribution in [2.75, 3.05) is 25.4 Å². The van der Waals surface area contributed by atoms with E-state index in [1.807, 2.05) is 20.8 Å². The number of hydrogen-bond acceptors (Lipinski definition) is 5. The number of aliphatic carboxylic acids is 1. The van der Waals surface area contributed by atoms with Gasteiger partial charge in [0.2, 0.25) is 10.0 Å². The Hall–Kier alpha value is -1.71. The highest BCUT2D eigenvalue weighted by atomic mass is 32.2. The Labute approximate surface area is 184 Å². The monoisotopic (exact) mass is 458 g/mol. The Morgan fingerprint density at radius 3 is 2.58 bits per heavy atom. The molecule has 0 aromatic heterocycles. The predicted molar refractivity (Wildman–Crippen MR) is 118 cm³/mol. The van der Waals surface area contributed by atoms with Gasteiger partial charge in [-0.3, -0.25) is 4.79 Å². The number of carbonyl (C=O) groups is 1. The number of rotatable bonds is 14. The minimum absolute atomic E-state index is 0.0231. The van der Waals surface area contributed by atoms with Crippen LogP contribution in [0.15, 0.2) is 18.2 Å². The van der Waals surface area contributed by atoms with E-state index in [1.54, 1.807) is 12.1 Å². The second kappa shape index (κ2) is 11.2. The normalized spacial score (nSPS) is 15.6. The van der Waals surface area contributed by atoms with Crippen LogP contribution in [-0.2, 0) is 14.8 Å². The Morgan fingerprint density at radius 1 is 1.26 bits per heavy atom. The summed E-state index contributed by atoms with van der Waals surface area (Å²) < 4.78 is 48.0. The number of benzene rings is 1. The number of halogens is 1. The molecule has 3 N–H and O–H groups in total. The maximum atomic E-state index is 14.2. The summed E-state index contributed by atoms with van der Waals surface area (Å²) in [7, 11) is -3.56. The first-order valence-corrected chi connectivity index (χ1v) is 12.5. The Balaban J connectivity index is 1.95. The van der Waals surface area contributed by atoms with Crippen LogP contribution in [0.4, 0.5) is 4.39 Å². The van der Waals surface area contributed by atoms with Gasteiger partial charge in [0.25, 0.3) is 0 Å². The zero-order valence-electron chi connectivity index (χ0n) is 18.6. The summed E-state index contributed by atoms with van der Waals surface area (Å²) in [5.74, 6) is -0.741. The van der Waals surface area contributed by atoms with Crippen LogP contribution in [0.25, 0.3) is 0 Å². The molecule has 1 aliphatic rings. The zero-order valence-corrected chi connectivity index (χ0v) is 19.4. The van der Waals surface area contributed by atoms with Crippen LogP contribution < -0.4 is 14.8 Å². The molecular formula is C22H35FN2O5S. The summed E-state index contributed by atoms with van der Waals surface area (Å²) in [6.45, 7) is 6.71. The van der Waals surface area contributed by atoms with Gasteiger partial charge in [0.05, 0.1) is 24.9 Å². The zero-order chi connectivity index (χ0) is 23.1. The fraction of sp³-hybridized carbons (Fsp3) is 0.682. The molecule has 0 aliphatic heterocycles. The molecule has 1 atom stereocenters. The van der Waals surface area contributed by atoms with Crippen molar-refractivity contribution in [1.29, 1.82) is 0 Å². The molecule has 0 saturated heterocycles. The van der Waals surface area contributed by atoms with Crippen molar-refractivity contribution in [3.8, 4) is 5.75 Å². The number of hydrogen-bond donors (Lipinski definition) is 3. The van der Waals surface area contributed by atoms with Crippen LogP contribution in [0.1, 0.15) is 64.5 Å². The number of sulfonamides is 1. The Morgan fingerprint density at radius 2 is 1.97 bits per heavy atom. The van der Waals surface area contributed by atoms with Crippen molar-refractivity contribution in [2.24, 2.45) is 11.3 Å². The molecule has 1 saturated carbocycles. The average Bonchev–Trinajstić information content (AvgIpc) is 3.48. The highest BCUT2D eigenvalue weighted by Gasteiger charge is 2.31. The first kappa shape index (κ1) is 25.5. The largest absolute Gasteiger partial charge is 0.490 e. The molecule has 1 aromatic rings. The summed E-state index contributed by atoms with van der Waals surface area (Å²) in [5, 5.41) is 11.4. The number of unbranched alkanes of at least 4 members (excludes halogenated alkanes) is 2. The van der Waals surface area contributed by atoms with E-state index in [2.05, 4.69) is 10.0 Å². The van der Waals surface area contributed by atoms with Crippen LogP contribution in [0.2, 0.25) is 0 Å². The minimum atomic E-state index is -3.56. The third-order valence-corrected chi connectivity index (χ3v) is 6.59. The van der Waals surface area contributed by atoms with Crippen molar-refractivity contribution in [3.05, 3.63) is 29.6 Å². The minimum Gasteiger partial charge on any atom is -0.490 e. The smallest absolute Gasteiger partial charge is 0.317 e. The summed E-state index contributed by atoms with van der Waals surface area (Å²) in [4.78, 5) is 10.5. The number of nitrogens with one attached hydrogen (secondary N) is 2. The fourth-order valence-corrected chi connectivity index (χ4v) is 4.75. The van der Waals surface area contributed by atoms with E-state index in [0.29, 0.717) is 43.9 Å². The van der Waals surface area contributed by atoms with E-state index in [-0.39, 0.29) is 18.0 Å². The maximum Gasteiger partial charge on any atom is 0.317 e. The van der Waals surface area contributed by atoms with Gasteiger partial charge in [0.15, 0.2) is 11.6 Å². The van der Waals surface area contributed by atoms with E-state index in [4.69, 9.17) is 9.84 Å². The summed E-state index contributed by atoms with van der Waals surface area (Å²) >= 11 is 0. The molecule has 176 valence electrons. The molecule has 0 spiro atoms. The molecule has 2 rings (SSSR count). The van der Waals surface area contributed by atoms with Gasteiger partial charge in [-0.05, 0) is 61.3 Å². The van der Waals surface area contributed by atoms with Gasteiger partial charge in [-0.15, -0.1) is 0 Å². The van der Waals surface area contributed by atoms with E-state index < -0.39 is 33.3 Å². The van der Waals surface area contributed by atoms with Gasteiger partial charge in [-0.1, -0.05) is 33.3 Å². The predicted octanol–water partition coefficient (Wildman–Crippen LogP) is 3.47. The Bertz CT molecular complexity index is 835. The lowest BCUT2D eigenvalue weighted by Gasteiger charge is -2.32. The van der Waals surface area contributed by atoms with E-state index in [0.717, 1.165) is 12.8 Å². The van der Waals surface area contributed by atoms with E-state index in [1.165, 1.54) is 6.07 Å². The number of ether oxygens (including phenoxy) is 1. The van der Waals surface area contributed by atoms with Crippen LogP contribution in [0.5, 0.6) is 5.75 Å². The van der Waals surface area contributed by atoms with Crippen LogP contribution in [0.3, 0.4) is 0 Å². The van der Waals surface area contributed by atoms with Gasteiger partial charge in [-0.25, -0.2) is 17.5 Å². The first-order valence-electron chi connectivity index (χ1n) is 10.8. The molecule has 1 aromatic carbocycles. The quantitative estimate of drug-likeness (QED) is 0.369. The summed E-state index contributed by atoms with van der Waals surface area (Å²) in [5.41, 5.74) is 0.237. The van der Waals surface area contributed by atoms with Crippen molar-refractivity contribution in [2.45, 2.75) is 58.9 Å². The van der Waals surface area contributed by atoms with E-state index >= 15 is 0 Å². The SMILES string of the molecule is CC(C)(C)C(NS(=O)(=O)CCCCCNCC(=O)O)c1ccc(F)c(OCC2CC2)c1. The highest BCUT2D eigenvalue weighted by Crippen LogP contribution is 2.36. The maximum absolute atomic E-state index is 14.2. The van der Waals surface area contributed by atoms with Crippen LogP contribution >= 0.6 is 0 Å². The number of carboxylic acids is 1. The molecule has 31 heavy (non-hydrogen) atoms. The molecular weight excluding hydrogens is 423 g/mol. The molecule has 1 unspecified atom stereocenters. The second-order valence-corrected chi connectivity index (χ2v) is 11.2. The fourth-order valence-electron chi connectivity index (χ4n) is 3.20. The van der Waals surface area contributed by atoms with Gasteiger partial charge >= 0.3 is 5.97 Å². The molecule has 0 radical (unpaired) electrons. The summed E-state index contributed by atoms with van der Waals surface area (Å²) in [6.07, 6.45) is 4.04. The van der Waals surface area contributed by atoms with Crippen LogP contribution in [-0.4, -0.2) is 44.9 Å². The number of carboxylic acid groups (broad SMARTS) is 1. The van der Waals surface area contributed by atoms with Gasteiger partial charge in [0, 0.05) is 0 Å². The third-order valence-electron chi connectivity index (χ3n) is 5.17. The molecule has 1 aliphatic carbocycles. The lowest BCUT2D eigenvalue weighted by Crippen LogP contribution is -2.38. The molecule has 0 amide bonds. The molecule has 1 fully saturated rings. The standard InChI is InChI=1S/C22H35FN2O5S/c1-22(2,3)21(17-9-10-18(23)19(13-17)30-15-16-7-8-16)25-31(28,29)12-6-4-5-11-24-14-20(26)27/h9-10,13,16,21,24-25H,4-8,11-12,14-15H2,1-3H3,(H,26,27). The molecule has 9 heteroatoms.